The third kappa shape index (κ3) is 4.45. The molecule has 11 heteroatoms. The second kappa shape index (κ2) is 8.88. The third-order valence-electron chi connectivity index (χ3n) is 5.62. The standard InChI is InChI=1S/C23H24N4O5S2/c1-11-25-18-12(22(32)27(11)13-5-8-17(28)26-20(13)30)10-33-15(18)9-24-21(31)19(29)14-6-7-16(34-14)23(2,3)4/h6-7,10,13H,5,8-9H2,1-4H3,(H,24,31)(H,26,28,30). The molecule has 1 unspecified atom stereocenters. The second-order valence-corrected chi connectivity index (χ2v) is 11.2. The van der Waals surface area contributed by atoms with Crippen molar-refractivity contribution < 1.29 is 19.2 Å². The highest BCUT2D eigenvalue weighted by Gasteiger charge is 2.31. The van der Waals surface area contributed by atoms with Crippen molar-refractivity contribution in [2.75, 3.05) is 0 Å². The Hall–Kier alpha value is -3.18. The summed E-state index contributed by atoms with van der Waals surface area (Å²) in [4.78, 5) is 68.4. The summed E-state index contributed by atoms with van der Waals surface area (Å²) in [5.74, 6) is -1.88. The fourth-order valence-electron chi connectivity index (χ4n) is 3.80. The maximum absolute atomic E-state index is 13.1. The topological polar surface area (TPSA) is 127 Å². The molecule has 9 nitrogen and oxygen atoms in total. The van der Waals surface area contributed by atoms with Crippen LogP contribution in [0.1, 0.15) is 64.9 Å². The lowest BCUT2D eigenvalue weighted by Gasteiger charge is -2.24. The number of carbonyl (C=O) groups is 4. The number of carbonyl (C=O) groups excluding carboxylic acids is 4. The molecule has 1 aliphatic heterocycles. The predicted octanol–water partition coefficient (Wildman–Crippen LogP) is 2.60. The highest BCUT2D eigenvalue weighted by molar-refractivity contribution is 7.15. The number of amides is 3. The zero-order chi connectivity index (χ0) is 24.8. The van der Waals surface area contributed by atoms with E-state index in [2.05, 4.69) is 15.6 Å². The Bertz CT molecular complexity index is 1390. The molecule has 0 aromatic carbocycles. The van der Waals surface area contributed by atoms with Gasteiger partial charge in [-0.1, -0.05) is 20.8 Å². The van der Waals surface area contributed by atoms with Crippen molar-refractivity contribution >= 4 is 57.1 Å². The number of hydrogen-bond donors (Lipinski definition) is 2. The van der Waals surface area contributed by atoms with Gasteiger partial charge in [-0.15, -0.1) is 22.7 Å². The normalized spacial score (nSPS) is 16.5. The number of nitrogens with one attached hydrogen (secondary N) is 2. The van der Waals surface area contributed by atoms with Gasteiger partial charge in [0.1, 0.15) is 11.9 Å². The molecule has 0 aliphatic carbocycles. The number of nitrogens with zero attached hydrogens (tertiary/aromatic N) is 2. The predicted molar refractivity (Wildman–Crippen MR) is 129 cm³/mol. The van der Waals surface area contributed by atoms with Gasteiger partial charge in [0.05, 0.1) is 27.2 Å². The first-order chi connectivity index (χ1) is 16.0. The Morgan fingerprint density at radius 3 is 2.62 bits per heavy atom. The van der Waals surface area contributed by atoms with Crippen molar-refractivity contribution in [2.45, 2.75) is 58.5 Å². The highest BCUT2D eigenvalue weighted by atomic mass is 32.1. The number of thiophene rings is 2. The summed E-state index contributed by atoms with van der Waals surface area (Å²) < 4.78 is 1.31. The quantitative estimate of drug-likeness (QED) is 0.315. The van der Waals surface area contributed by atoms with Gasteiger partial charge in [0.2, 0.25) is 11.8 Å². The van der Waals surface area contributed by atoms with E-state index in [-0.39, 0.29) is 36.3 Å². The average Bonchev–Trinajstić information content (AvgIpc) is 3.40. The van der Waals surface area contributed by atoms with E-state index in [1.54, 1.807) is 18.4 Å². The molecule has 0 radical (unpaired) electrons. The molecule has 3 amide bonds. The highest BCUT2D eigenvalue weighted by Crippen LogP contribution is 2.30. The van der Waals surface area contributed by atoms with E-state index in [1.807, 2.05) is 26.8 Å². The first-order valence-corrected chi connectivity index (χ1v) is 12.4. The van der Waals surface area contributed by atoms with Crippen LogP contribution in [0.2, 0.25) is 0 Å². The molecule has 3 aromatic rings. The number of ketones is 1. The molecule has 4 heterocycles. The van der Waals surface area contributed by atoms with E-state index in [4.69, 9.17) is 0 Å². The number of hydrogen-bond acceptors (Lipinski definition) is 8. The van der Waals surface area contributed by atoms with Gasteiger partial charge < -0.3 is 5.32 Å². The SMILES string of the molecule is Cc1nc2c(CNC(=O)C(=O)c3ccc(C(C)(C)C)s3)scc2c(=O)n1C1CCC(=O)NC1=O. The third-order valence-corrected chi connectivity index (χ3v) is 8.10. The van der Waals surface area contributed by atoms with Crippen molar-refractivity contribution in [3.05, 3.63) is 48.3 Å². The zero-order valence-corrected chi connectivity index (χ0v) is 20.8. The van der Waals surface area contributed by atoms with Crippen LogP contribution >= 0.6 is 22.7 Å². The zero-order valence-electron chi connectivity index (χ0n) is 19.2. The molecule has 0 spiro atoms. The van der Waals surface area contributed by atoms with Crippen LogP contribution in [-0.2, 0) is 26.3 Å². The van der Waals surface area contributed by atoms with E-state index in [9.17, 15) is 24.0 Å². The fraction of sp³-hybridized carbons (Fsp3) is 0.391. The molecule has 1 saturated heterocycles. The number of imide groups is 1. The molecule has 4 rings (SSSR count). The van der Waals surface area contributed by atoms with Crippen LogP contribution in [0.15, 0.2) is 22.3 Å². The van der Waals surface area contributed by atoms with E-state index in [0.717, 1.165) is 4.88 Å². The van der Waals surface area contributed by atoms with Crippen LogP contribution in [0, 0.1) is 6.92 Å². The summed E-state index contributed by atoms with van der Waals surface area (Å²) in [7, 11) is 0. The van der Waals surface area contributed by atoms with Crippen LogP contribution in [0.4, 0.5) is 0 Å². The van der Waals surface area contributed by atoms with Gasteiger partial charge in [-0.25, -0.2) is 4.98 Å². The number of aryl methyl sites for hydroxylation is 1. The lowest BCUT2D eigenvalue weighted by atomic mass is 9.95. The van der Waals surface area contributed by atoms with Crippen molar-refractivity contribution in [3.8, 4) is 0 Å². The summed E-state index contributed by atoms with van der Waals surface area (Å²) in [6.07, 6.45) is 0.379. The van der Waals surface area contributed by atoms with Crippen LogP contribution < -0.4 is 16.2 Å². The summed E-state index contributed by atoms with van der Waals surface area (Å²) in [6.45, 7) is 7.79. The Labute approximate surface area is 203 Å². The van der Waals surface area contributed by atoms with E-state index in [0.29, 0.717) is 26.5 Å². The summed E-state index contributed by atoms with van der Waals surface area (Å²) in [5, 5.41) is 6.84. The second-order valence-electron chi connectivity index (χ2n) is 9.15. The van der Waals surface area contributed by atoms with E-state index in [1.165, 1.54) is 27.2 Å². The Balaban J connectivity index is 1.53. The molecule has 34 heavy (non-hydrogen) atoms. The van der Waals surface area contributed by atoms with Gasteiger partial charge in [0, 0.05) is 16.7 Å². The first kappa shape index (κ1) is 24.0. The van der Waals surface area contributed by atoms with E-state index < -0.39 is 23.6 Å². The number of fused-ring (bicyclic) bond motifs is 1. The number of rotatable bonds is 5. The maximum Gasteiger partial charge on any atom is 0.293 e. The van der Waals surface area contributed by atoms with Gasteiger partial charge in [0.25, 0.3) is 17.2 Å². The van der Waals surface area contributed by atoms with Gasteiger partial charge >= 0.3 is 0 Å². The lowest BCUT2D eigenvalue weighted by molar-refractivity contribution is -0.135. The molecule has 1 atom stereocenters. The molecular formula is C23H24N4O5S2. The molecular weight excluding hydrogens is 476 g/mol. The smallest absolute Gasteiger partial charge is 0.293 e. The summed E-state index contributed by atoms with van der Waals surface area (Å²) in [6, 6.07) is 2.72. The van der Waals surface area contributed by atoms with Crippen LogP contribution in [0.5, 0.6) is 0 Å². The largest absolute Gasteiger partial charge is 0.344 e. The molecule has 0 saturated carbocycles. The monoisotopic (exact) mass is 500 g/mol. The van der Waals surface area contributed by atoms with Crippen molar-refractivity contribution in [1.82, 2.24) is 20.2 Å². The number of aromatic nitrogens is 2. The van der Waals surface area contributed by atoms with Crippen LogP contribution in [0.25, 0.3) is 10.9 Å². The minimum atomic E-state index is -0.799. The molecule has 0 bridgehead atoms. The molecule has 1 aliphatic rings. The number of piperidine rings is 1. The van der Waals surface area contributed by atoms with Crippen LogP contribution in [0.3, 0.4) is 0 Å². The maximum atomic E-state index is 13.1. The van der Waals surface area contributed by atoms with Gasteiger partial charge in [0.15, 0.2) is 0 Å². The fourth-order valence-corrected chi connectivity index (χ4v) is 5.69. The molecule has 1 fully saturated rings. The van der Waals surface area contributed by atoms with Crippen molar-refractivity contribution in [2.24, 2.45) is 0 Å². The Morgan fingerprint density at radius 1 is 1.24 bits per heavy atom. The Morgan fingerprint density at radius 2 is 1.97 bits per heavy atom. The van der Waals surface area contributed by atoms with Gasteiger partial charge in [-0.05, 0) is 30.9 Å². The average molecular weight is 501 g/mol. The van der Waals surface area contributed by atoms with Gasteiger partial charge in [-0.3, -0.25) is 33.9 Å². The minimum Gasteiger partial charge on any atom is -0.344 e. The molecule has 3 aromatic heterocycles. The number of Topliss-reactive ketones (excluding diaryl/α,β-unsaturated/α-hetero) is 1. The van der Waals surface area contributed by atoms with Gasteiger partial charge in [-0.2, -0.15) is 0 Å². The lowest BCUT2D eigenvalue weighted by Crippen LogP contribution is -2.45. The van der Waals surface area contributed by atoms with Crippen molar-refractivity contribution in [1.29, 1.82) is 0 Å². The summed E-state index contributed by atoms with van der Waals surface area (Å²) >= 11 is 2.55. The summed E-state index contributed by atoms with van der Waals surface area (Å²) in [5.41, 5.74) is -0.0649. The van der Waals surface area contributed by atoms with Crippen molar-refractivity contribution in [3.63, 3.8) is 0 Å². The van der Waals surface area contributed by atoms with E-state index >= 15 is 0 Å². The Kier molecular flexibility index (Phi) is 6.26. The minimum absolute atomic E-state index is 0.0462. The molecule has 2 N–H and O–H groups in total. The molecule has 178 valence electrons. The first-order valence-electron chi connectivity index (χ1n) is 10.7. The van der Waals surface area contributed by atoms with Crippen LogP contribution in [-0.4, -0.2) is 33.1 Å².